The van der Waals surface area contributed by atoms with Gasteiger partial charge in [-0.1, -0.05) is 37.3 Å². The van der Waals surface area contributed by atoms with Crippen molar-refractivity contribution in [1.82, 2.24) is 0 Å². The van der Waals surface area contributed by atoms with Crippen molar-refractivity contribution < 1.29 is 19.4 Å². The quantitative estimate of drug-likeness (QED) is 0.868. The lowest BCUT2D eigenvalue weighted by atomic mass is 9.89. The summed E-state index contributed by atoms with van der Waals surface area (Å²) >= 11 is 0. The zero-order valence-corrected chi connectivity index (χ0v) is 9.76. The Morgan fingerprint density at radius 2 is 1.94 bits per heavy atom. The predicted molar refractivity (Wildman–Crippen MR) is 61.4 cm³/mol. The summed E-state index contributed by atoms with van der Waals surface area (Å²) in [5, 5.41) is 9.30. The average Bonchev–Trinajstić information content (AvgIpc) is 2.81. The lowest BCUT2D eigenvalue weighted by Crippen LogP contribution is -2.40. The average molecular weight is 236 g/mol. The number of hydrogen-bond acceptors (Lipinski definition) is 3. The van der Waals surface area contributed by atoms with E-state index in [0.29, 0.717) is 19.6 Å². The molecule has 1 aliphatic heterocycles. The second-order valence-corrected chi connectivity index (χ2v) is 4.03. The van der Waals surface area contributed by atoms with Crippen LogP contribution in [0.1, 0.15) is 18.9 Å². The minimum Gasteiger partial charge on any atom is -0.481 e. The zero-order chi connectivity index (χ0) is 12.3. The Morgan fingerprint density at radius 3 is 2.41 bits per heavy atom. The molecule has 2 rings (SSSR count). The van der Waals surface area contributed by atoms with Gasteiger partial charge in [-0.3, -0.25) is 4.79 Å². The van der Waals surface area contributed by atoms with Crippen LogP contribution in [-0.4, -0.2) is 24.3 Å². The lowest BCUT2D eigenvalue weighted by molar-refractivity contribution is -0.214. The second-order valence-electron chi connectivity index (χ2n) is 4.03. The lowest BCUT2D eigenvalue weighted by Gasteiger charge is -2.32. The monoisotopic (exact) mass is 236 g/mol. The Morgan fingerprint density at radius 1 is 1.35 bits per heavy atom. The smallest absolute Gasteiger partial charge is 0.312 e. The van der Waals surface area contributed by atoms with Crippen molar-refractivity contribution in [3.05, 3.63) is 35.9 Å². The number of rotatable bonds is 4. The highest BCUT2D eigenvalue weighted by molar-refractivity contribution is 5.71. The summed E-state index contributed by atoms with van der Waals surface area (Å²) in [6, 6.07) is 9.29. The highest BCUT2D eigenvalue weighted by Gasteiger charge is 2.48. The molecule has 1 aromatic rings. The van der Waals surface area contributed by atoms with Gasteiger partial charge in [0.15, 0.2) is 0 Å². The standard InChI is InChI=1S/C13H16O4/c1-2-11(12(14)15)13(16-8-9-17-13)10-6-4-3-5-7-10/h3-7,11H,2,8-9H2,1H3,(H,14,15). The fourth-order valence-electron chi connectivity index (χ4n) is 2.27. The van der Waals surface area contributed by atoms with E-state index in [1.165, 1.54) is 0 Å². The molecule has 0 aromatic heterocycles. The van der Waals surface area contributed by atoms with Gasteiger partial charge in [-0.15, -0.1) is 0 Å². The van der Waals surface area contributed by atoms with E-state index < -0.39 is 17.7 Å². The van der Waals surface area contributed by atoms with E-state index in [1.807, 2.05) is 37.3 Å². The number of aliphatic carboxylic acids is 1. The van der Waals surface area contributed by atoms with Crippen molar-refractivity contribution in [3.8, 4) is 0 Å². The van der Waals surface area contributed by atoms with Gasteiger partial charge in [0, 0.05) is 5.56 Å². The first-order valence-electron chi connectivity index (χ1n) is 5.77. The first-order chi connectivity index (χ1) is 8.20. The summed E-state index contributed by atoms with van der Waals surface area (Å²) in [4.78, 5) is 11.3. The normalized spacial score (nSPS) is 20.1. The number of hydrogen-bond donors (Lipinski definition) is 1. The largest absolute Gasteiger partial charge is 0.481 e. The third-order valence-corrected chi connectivity index (χ3v) is 3.06. The molecule has 4 heteroatoms. The molecule has 1 N–H and O–H groups in total. The van der Waals surface area contributed by atoms with Crippen LogP contribution in [0.2, 0.25) is 0 Å². The summed E-state index contributed by atoms with van der Waals surface area (Å²) in [6.45, 7) is 2.69. The number of carboxylic acids is 1. The number of ether oxygens (including phenoxy) is 2. The van der Waals surface area contributed by atoms with Gasteiger partial charge in [-0.05, 0) is 6.42 Å². The third kappa shape index (κ3) is 2.06. The van der Waals surface area contributed by atoms with Crippen LogP contribution in [0.4, 0.5) is 0 Å². The molecule has 1 unspecified atom stereocenters. The fraction of sp³-hybridized carbons (Fsp3) is 0.462. The van der Waals surface area contributed by atoms with Gasteiger partial charge < -0.3 is 14.6 Å². The molecule has 1 fully saturated rings. The molecule has 1 aromatic carbocycles. The molecule has 92 valence electrons. The Balaban J connectivity index is 2.42. The molecule has 0 amide bonds. The minimum absolute atomic E-state index is 0.429. The van der Waals surface area contributed by atoms with Crippen molar-refractivity contribution in [1.29, 1.82) is 0 Å². The third-order valence-electron chi connectivity index (χ3n) is 3.06. The van der Waals surface area contributed by atoms with Crippen LogP contribution in [0.3, 0.4) is 0 Å². The maximum atomic E-state index is 11.3. The first kappa shape index (κ1) is 12.1. The van der Waals surface area contributed by atoms with Crippen LogP contribution in [-0.2, 0) is 20.1 Å². The van der Waals surface area contributed by atoms with Gasteiger partial charge in [0.1, 0.15) is 5.92 Å². The van der Waals surface area contributed by atoms with Crippen LogP contribution in [0.25, 0.3) is 0 Å². The molecule has 0 spiro atoms. The Hall–Kier alpha value is -1.39. The van der Waals surface area contributed by atoms with Crippen LogP contribution >= 0.6 is 0 Å². The van der Waals surface area contributed by atoms with Gasteiger partial charge in [0.2, 0.25) is 5.79 Å². The van der Waals surface area contributed by atoms with Crippen molar-refractivity contribution >= 4 is 5.97 Å². The number of carboxylic acid groups (broad SMARTS) is 1. The molecule has 1 atom stereocenters. The van der Waals surface area contributed by atoms with E-state index >= 15 is 0 Å². The molecule has 17 heavy (non-hydrogen) atoms. The molecule has 1 aliphatic rings. The maximum absolute atomic E-state index is 11.3. The highest BCUT2D eigenvalue weighted by atomic mass is 16.7. The second kappa shape index (κ2) is 4.85. The molecule has 0 bridgehead atoms. The van der Waals surface area contributed by atoms with E-state index in [4.69, 9.17) is 9.47 Å². The van der Waals surface area contributed by atoms with Crippen molar-refractivity contribution in [3.63, 3.8) is 0 Å². The minimum atomic E-state index is -1.12. The zero-order valence-electron chi connectivity index (χ0n) is 9.76. The predicted octanol–water partition coefficient (Wildman–Crippen LogP) is 2.00. The molecular weight excluding hydrogens is 220 g/mol. The summed E-state index contributed by atoms with van der Waals surface area (Å²) in [7, 11) is 0. The van der Waals surface area contributed by atoms with E-state index in [-0.39, 0.29) is 0 Å². The molecule has 0 saturated carbocycles. The fourth-order valence-corrected chi connectivity index (χ4v) is 2.27. The summed E-state index contributed by atoms with van der Waals surface area (Å²) in [6.07, 6.45) is 0.463. The molecule has 1 saturated heterocycles. The summed E-state index contributed by atoms with van der Waals surface area (Å²) in [5.74, 6) is -2.70. The van der Waals surface area contributed by atoms with E-state index in [2.05, 4.69) is 0 Å². The summed E-state index contributed by atoms with van der Waals surface area (Å²) < 4.78 is 11.3. The molecule has 0 radical (unpaired) electrons. The van der Waals surface area contributed by atoms with E-state index in [0.717, 1.165) is 5.56 Å². The molecule has 1 heterocycles. The number of benzene rings is 1. The van der Waals surface area contributed by atoms with Gasteiger partial charge in [-0.2, -0.15) is 0 Å². The topological polar surface area (TPSA) is 55.8 Å². The molecule has 4 nitrogen and oxygen atoms in total. The van der Waals surface area contributed by atoms with E-state index in [9.17, 15) is 9.90 Å². The van der Waals surface area contributed by atoms with Crippen LogP contribution in [0, 0.1) is 5.92 Å². The highest BCUT2D eigenvalue weighted by Crippen LogP contribution is 2.40. The Bertz CT molecular complexity index is 382. The van der Waals surface area contributed by atoms with Crippen LogP contribution in [0.5, 0.6) is 0 Å². The summed E-state index contributed by atoms with van der Waals surface area (Å²) in [5.41, 5.74) is 0.770. The SMILES string of the molecule is CCC(C(=O)O)C1(c2ccccc2)OCCO1. The Kier molecular flexibility index (Phi) is 3.45. The Labute approximate surface area is 100 Å². The van der Waals surface area contributed by atoms with Crippen LogP contribution < -0.4 is 0 Å². The molecular formula is C13H16O4. The van der Waals surface area contributed by atoms with Gasteiger partial charge >= 0.3 is 5.97 Å². The van der Waals surface area contributed by atoms with Crippen LogP contribution in [0.15, 0.2) is 30.3 Å². The maximum Gasteiger partial charge on any atom is 0.312 e. The van der Waals surface area contributed by atoms with Gasteiger partial charge in [0.05, 0.1) is 13.2 Å². The van der Waals surface area contributed by atoms with Gasteiger partial charge in [-0.25, -0.2) is 0 Å². The first-order valence-corrected chi connectivity index (χ1v) is 5.77. The number of carbonyl (C=O) groups is 1. The van der Waals surface area contributed by atoms with E-state index in [1.54, 1.807) is 0 Å². The molecule has 0 aliphatic carbocycles. The van der Waals surface area contributed by atoms with Crippen molar-refractivity contribution in [2.75, 3.05) is 13.2 Å². The van der Waals surface area contributed by atoms with Gasteiger partial charge in [0.25, 0.3) is 0 Å². The van der Waals surface area contributed by atoms with Crippen molar-refractivity contribution in [2.24, 2.45) is 5.92 Å². The van der Waals surface area contributed by atoms with Crippen molar-refractivity contribution in [2.45, 2.75) is 19.1 Å².